The first kappa shape index (κ1) is 16.8. The Morgan fingerprint density at radius 1 is 0.933 bits per heavy atom. The van der Waals surface area contributed by atoms with E-state index in [9.17, 15) is 4.79 Å². The van der Waals surface area contributed by atoms with Crippen LogP contribution in [0, 0.1) is 10.8 Å². The molecule has 0 spiro atoms. The molecule has 0 bridgehead atoms. The predicted octanol–water partition coefficient (Wildman–Crippen LogP) is 0.0867. The third-order valence-corrected chi connectivity index (χ3v) is 1.83. The zero-order valence-corrected chi connectivity index (χ0v) is 9.82. The number of carbonyl (C=O) groups is 1. The number of hydrogen-bond acceptors (Lipinski definition) is 4. The van der Waals surface area contributed by atoms with Crippen LogP contribution in [-0.2, 0) is 4.79 Å². The lowest BCUT2D eigenvalue weighted by Gasteiger charge is -2.16. The van der Waals surface area contributed by atoms with E-state index >= 15 is 0 Å². The summed E-state index contributed by atoms with van der Waals surface area (Å²) >= 11 is 0. The molecule has 0 aliphatic carbocycles. The lowest BCUT2D eigenvalue weighted by molar-refractivity contribution is -0.148. The van der Waals surface area contributed by atoms with Crippen LogP contribution in [0.3, 0.4) is 0 Å². The quantitative estimate of drug-likeness (QED) is 0.540. The second-order valence-electron chi connectivity index (χ2n) is 4.83. The summed E-state index contributed by atoms with van der Waals surface area (Å²) in [5, 5.41) is 33.5. The Labute approximate surface area is 90.4 Å². The summed E-state index contributed by atoms with van der Waals surface area (Å²) < 4.78 is 0. The van der Waals surface area contributed by atoms with Crippen LogP contribution in [0.1, 0.15) is 27.7 Å². The molecule has 5 heteroatoms. The molecule has 0 aliphatic rings. The SMILES string of the molecule is CC(C)(CO)C(=O)O.CC(C)(CO)CO. The average Bonchev–Trinajstić information content (AvgIpc) is 2.18. The summed E-state index contributed by atoms with van der Waals surface area (Å²) in [6.45, 7) is 6.31. The highest BCUT2D eigenvalue weighted by atomic mass is 16.4. The van der Waals surface area contributed by atoms with E-state index < -0.39 is 11.4 Å². The molecule has 0 aromatic heterocycles. The number of aliphatic carboxylic acids is 1. The van der Waals surface area contributed by atoms with Crippen molar-refractivity contribution >= 4 is 5.97 Å². The smallest absolute Gasteiger partial charge is 0.311 e. The molecule has 0 saturated carbocycles. The molecule has 4 N–H and O–H groups in total. The van der Waals surface area contributed by atoms with Gasteiger partial charge >= 0.3 is 5.97 Å². The highest BCUT2D eigenvalue weighted by Gasteiger charge is 2.25. The molecule has 0 atom stereocenters. The van der Waals surface area contributed by atoms with Crippen LogP contribution in [0.25, 0.3) is 0 Å². The van der Waals surface area contributed by atoms with Crippen molar-refractivity contribution in [2.45, 2.75) is 27.7 Å². The maximum absolute atomic E-state index is 10.1. The highest BCUT2D eigenvalue weighted by molar-refractivity contribution is 5.73. The van der Waals surface area contributed by atoms with Gasteiger partial charge in [-0.1, -0.05) is 13.8 Å². The summed E-state index contributed by atoms with van der Waals surface area (Å²) in [4.78, 5) is 10.1. The number of aliphatic hydroxyl groups is 3. The Morgan fingerprint density at radius 2 is 1.27 bits per heavy atom. The highest BCUT2D eigenvalue weighted by Crippen LogP contribution is 2.12. The Balaban J connectivity index is 0. The Bertz CT molecular complexity index is 180. The Morgan fingerprint density at radius 3 is 1.27 bits per heavy atom. The van der Waals surface area contributed by atoms with Crippen molar-refractivity contribution in [2.24, 2.45) is 10.8 Å². The van der Waals surface area contributed by atoms with Crippen LogP contribution in [0.2, 0.25) is 0 Å². The van der Waals surface area contributed by atoms with E-state index in [1.807, 2.05) is 0 Å². The second kappa shape index (κ2) is 6.76. The fraction of sp³-hybridized carbons (Fsp3) is 0.900. The van der Waals surface area contributed by atoms with E-state index in [2.05, 4.69) is 0 Å². The molecule has 0 amide bonds. The third kappa shape index (κ3) is 8.35. The van der Waals surface area contributed by atoms with E-state index in [1.165, 1.54) is 13.8 Å². The number of carboxylic acids is 1. The van der Waals surface area contributed by atoms with E-state index in [0.29, 0.717) is 0 Å². The molecular weight excluding hydrogens is 200 g/mol. The van der Waals surface area contributed by atoms with Gasteiger partial charge in [0.05, 0.1) is 25.2 Å². The van der Waals surface area contributed by atoms with Crippen LogP contribution >= 0.6 is 0 Å². The molecule has 5 nitrogen and oxygen atoms in total. The summed E-state index contributed by atoms with van der Waals surface area (Å²) in [7, 11) is 0. The van der Waals surface area contributed by atoms with Gasteiger partial charge in [0.1, 0.15) is 0 Å². The standard InChI is InChI=1S/C5H10O3.C5H12O2/c1-5(2,3-6)4(7)8;1-5(2,3-6)4-7/h6H,3H2,1-2H3,(H,7,8);6-7H,3-4H2,1-2H3. The summed E-state index contributed by atoms with van der Waals surface area (Å²) in [5.41, 5.74) is -1.29. The molecule has 0 rings (SSSR count). The molecule has 0 aliphatic heterocycles. The van der Waals surface area contributed by atoms with Gasteiger partial charge in [0.25, 0.3) is 0 Å². The maximum atomic E-state index is 10.1. The topological polar surface area (TPSA) is 98.0 Å². The summed E-state index contributed by atoms with van der Waals surface area (Å²) in [5.74, 6) is -0.972. The van der Waals surface area contributed by atoms with Crippen LogP contribution in [0.4, 0.5) is 0 Å². The number of aliphatic hydroxyl groups excluding tert-OH is 3. The second-order valence-corrected chi connectivity index (χ2v) is 4.83. The monoisotopic (exact) mass is 222 g/mol. The average molecular weight is 222 g/mol. The minimum atomic E-state index is -0.986. The van der Waals surface area contributed by atoms with Gasteiger partial charge in [-0.15, -0.1) is 0 Å². The van der Waals surface area contributed by atoms with Crippen molar-refractivity contribution in [3.63, 3.8) is 0 Å². The molecule has 0 radical (unpaired) electrons. The third-order valence-electron chi connectivity index (χ3n) is 1.83. The molecule has 0 aromatic carbocycles. The molecule has 15 heavy (non-hydrogen) atoms. The maximum Gasteiger partial charge on any atom is 0.311 e. The minimum absolute atomic E-state index is 0.0451. The van der Waals surface area contributed by atoms with Gasteiger partial charge in [0, 0.05) is 5.41 Å². The van der Waals surface area contributed by atoms with Gasteiger partial charge in [-0.2, -0.15) is 0 Å². The number of rotatable bonds is 4. The van der Waals surface area contributed by atoms with Crippen molar-refractivity contribution in [3.8, 4) is 0 Å². The van der Waals surface area contributed by atoms with Gasteiger partial charge in [-0.05, 0) is 13.8 Å². The van der Waals surface area contributed by atoms with Crippen LogP contribution in [0.15, 0.2) is 0 Å². The first-order valence-corrected chi connectivity index (χ1v) is 4.69. The van der Waals surface area contributed by atoms with Crippen molar-refractivity contribution in [1.29, 1.82) is 0 Å². The number of carboxylic acid groups (broad SMARTS) is 1. The van der Waals surface area contributed by atoms with Gasteiger partial charge in [0.2, 0.25) is 0 Å². The lowest BCUT2D eigenvalue weighted by atomic mass is 9.96. The fourth-order valence-electron chi connectivity index (χ4n) is 0.118. The Kier molecular flexibility index (Phi) is 7.56. The zero-order chi connectivity index (χ0) is 12.7. The zero-order valence-electron chi connectivity index (χ0n) is 9.82. The van der Waals surface area contributed by atoms with E-state index in [-0.39, 0.29) is 25.2 Å². The molecule has 0 heterocycles. The van der Waals surface area contributed by atoms with Crippen molar-refractivity contribution in [2.75, 3.05) is 19.8 Å². The first-order chi connectivity index (χ1) is 6.63. The largest absolute Gasteiger partial charge is 0.481 e. The number of hydrogen-bond donors (Lipinski definition) is 4. The molecule has 0 aromatic rings. The van der Waals surface area contributed by atoms with Crippen LogP contribution in [-0.4, -0.2) is 46.2 Å². The first-order valence-electron chi connectivity index (χ1n) is 4.69. The van der Waals surface area contributed by atoms with Gasteiger partial charge < -0.3 is 20.4 Å². The molecular formula is C10H22O5. The van der Waals surface area contributed by atoms with Gasteiger partial charge in [0.15, 0.2) is 0 Å². The lowest BCUT2D eigenvalue weighted by Crippen LogP contribution is -2.27. The molecule has 92 valence electrons. The van der Waals surface area contributed by atoms with Crippen LogP contribution in [0.5, 0.6) is 0 Å². The van der Waals surface area contributed by atoms with E-state index in [0.717, 1.165) is 0 Å². The molecule has 0 saturated heterocycles. The van der Waals surface area contributed by atoms with Crippen molar-refractivity contribution in [1.82, 2.24) is 0 Å². The van der Waals surface area contributed by atoms with Crippen molar-refractivity contribution in [3.05, 3.63) is 0 Å². The summed E-state index contributed by atoms with van der Waals surface area (Å²) in [6, 6.07) is 0. The normalized spacial score (nSPS) is 11.7. The molecule has 0 unspecified atom stereocenters. The van der Waals surface area contributed by atoms with Gasteiger partial charge in [-0.25, -0.2) is 0 Å². The van der Waals surface area contributed by atoms with Crippen LogP contribution < -0.4 is 0 Å². The fourth-order valence-corrected chi connectivity index (χ4v) is 0.118. The van der Waals surface area contributed by atoms with E-state index in [4.69, 9.17) is 20.4 Å². The summed E-state index contributed by atoms with van der Waals surface area (Å²) in [6.07, 6.45) is 0. The van der Waals surface area contributed by atoms with E-state index in [1.54, 1.807) is 13.8 Å². The molecule has 0 fully saturated rings. The van der Waals surface area contributed by atoms with Gasteiger partial charge in [-0.3, -0.25) is 4.79 Å². The minimum Gasteiger partial charge on any atom is -0.481 e. The van der Waals surface area contributed by atoms with Crippen molar-refractivity contribution < 1.29 is 25.2 Å². The Hall–Kier alpha value is -0.650. The predicted molar refractivity (Wildman–Crippen MR) is 56.5 cm³/mol.